The van der Waals surface area contributed by atoms with Gasteiger partial charge in [-0.1, -0.05) is 11.2 Å². The van der Waals surface area contributed by atoms with Gasteiger partial charge in [-0.3, -0.25) is 4.79 Å². The third-order valence-electron chi connectivity index (χ3n) is 6.49. The third kappa shape index (κ3) is 4.48. The highest BCUT2D eigenvalue weighted by molar-refractivity contribution is 5.87. The summed E-state index contributed by atoms with van der Waals surface area (Å²) in [4.78, 5) is 36.3. The molecule has 0 bridgehead atoms. The topological polar surface area (TPSA) is 161 Å². The fourth-order valence-corrected chi connectivity index (χ4v) is 4.43. The Hall–Kier alpha value is -5.04. The zero-order valence-corrected chi connectivity index (χ0v) is 21.4. The number of rotatable bonds is 6. The Labute approximate surface area is 222 Å². The van der Waals surface area contributed by atoms with E-state index in [9.17, 15) is 9.90 Å². The highest BCUT2D eigenvalue weighted by atomic mass is 16.5. The molecular formula is C26H24N10O3. The van der Waals surface area contributed by atoms with E-state index in [1.807, 2.05) is 38.2 Å². The lowest BCUT2D eigenvalue weighted by Crippen LogP contribution is -2.35. The number of aromatic nitrogens is 8. The lowest BCUT2D eigenvalue weighted by molar-refractivity contribution is -0.144. The molecule has 1 fully saturated rings. The molecule has 0 aromatic carbocycles. The van der Waals surface area contributed by atoms with Crippen LogP contribution in [0.5, 0.6) is 0 Å². The number of nitrogens with zero attached hydrogens (tertiary/aromatic N) is 9. The molecule has 0 spiro atoms. The second-order valence-corrected chi connectivity index (χ2v) is 9.25. The van der Waals surface area contributed by atoms with Crippen LogP contribution in [0.2, 0.25) is 0 Å². The maximum absolute atomic E-state index is 12.4. The Morgan fingerprint density at radius 2 is 1.79 bits per heavy atom. The van der Waals surface area contributed by atoms with E-state index in [1.165, 1.54) is 4.90 Å². The highest BCUT2D eigenvalue weighted by Crippen LogP contribution is 2.34. The average Bonchev–Trinajstić information content (AvgIpc) is 3.65. The molecule has 196 valence electrons. The van der Waals surface area contributed by atoms with Crippen molar-refractivity contribution in [3.05, 3.63) is 66.4 Å². The first-order valence-electron chi connectivity index (χ1n) is 12.2. The minimum atomic E-state index is -1.72. The van der Waals surface area contributed by atoms with Crippen LogP contribution in [0.25, 0.3) is 34.2 Å². The van der Waals surface area contributed by atoms with E-state index in [2.05, 4.69) is 40.5 Å². The summed E-state index contributed by atoms with van der Waals surface area (Å²) >= 11 is 0. The molecule has 1 aliphatic heterocycles. The Bertz CT molecular complexity index is 1680. The van der Waals surface area contributed by atoms with Crippen molar-refractivity contribution >= 4 is 17.7 Å². The van der Waals surface area contributed by atoms with Crippen molar-refractivity contribution in [1.29, 1.82) is 0 Å². The molecule has 1 aliphatic rings. The van der Waals surface area contributed by atoms with Gasteiger partial charge in [0.25, 0.3) is 5.91 Å². The van der Waals surface area contributed by atoms with Crippen molar-refractivity contribution in [3.63, 3.8) is 0 Å². The van der Waals surface area contributed by atoms with Crippen LogP contribution < -0.4 is 5.32 Å². The van der Waals surface area contributed by atoms with Gasteiger partial charge in [-0.2, -0.15) is 5.10 Å². The zero-order chi connectivity index (χ0) is 27.1. The van der Waals surface area contributed by atoms with Gasteiger partial charge < -0.3 is 19.8 Å². The average molecular weight is 525 g/mol. The second-order valence-electron chi connectivity index (χ2n) is 9.25. The molecule has 1 atom stereocenters. The molecule has 0 saturated carbocycles. The van der Waals surface area contributed by atoms with Crippen molar-refractivity contribution in [1.82, 2.24) is 44.8 Å². The molecule has 13 heteroatoms. The number of pyridine rings is 2. The van der Waals surface area contributed by atoms with Crippen LogP contribution in [0, 0.1) is 6.92 Å². The predicted octanol–water partition coefficient (Wildman–Crippen LogP) is 2.49. The molecule has 13 nitrogen and oxygen atoms in total. The van der Waals surface area contributed by atoms with Gasteiger partial charge in [-0.25, -0.2) is 29.6 Å². The van der Waals surface area contributed by atoms with E-state index in [1.54, 1.807) is 42.3 Å². The molecular weight excluding hydrogens is 500 g/mol. The van der Waals surface area contributed by atoms with Gasteiger partial charge in [0, 0.05) is 51.1 Å². The number of likely N-dealkylation sites (tertiary alicyclic amines) is 1. The van der Waals surface area contributed by atoms with E-state index >= 15 is 0 Å². The normalized spacial score (nSPS) is 17.1. The SMILES string of the molecule is Cc1nc(-c2ccc(Nc3nccc(-c4cccc(-c5cc(C6(O)CCN(C)C6=O)on5)n4)n3)nc2)n(C)n1. The van der Waals surface area contributed by atoms with Crippen LogP contribution >= 0.6 is 0 Å². The number of aliphatic hydroxyl groups is 1. The van der Waals surface area contributed by atoms with Gasteiger partial charge in [0.15, 0.2) is 11.6 Å². The van der Waals surface area contributed by atoms with Crippen molar-refractivity contribution < 1.29 is 14.4 Å². The third-order valence-corrected chi connectivity index (χ3v) is 6.49. The van der Waals surface area contributed by atoms with E-state index in [0.29, 0.717) is 46.9 Å². The number of amides is 1. The quantitative estimate of drug-likeness (QED) is 0.336. The number of nitrogens with one attached hydrogen (secondary N) is 1. The summed E-state index contributed by atoms with van der Waals surface area (Å²) in [6.45, 7) is 2.27. The number of anilines is 2. The molecule has 0 radical (unpaired) electrons. The summed E-state index contributed by atoms with van der Waals surface area (Å²) in [5.41, 5.74) is 1.19. The van der Waals surface area contributed by atoms with Gasteiger partial charge in [0.05, 0.1) is 17.1 Å². The molecule has 1 saturated heterocycles. The Kier molecular flexibility index (Phi) is 5.84. The number of aryl methyl sites for hydroxylation is 2. The first-order valence-corrected chi connectivity index (χ1v) is 12.2. The monoisotopic (exact) mass is 524 g/mol. The van der Waals surface area contributed by atoms with E-state index in [-0.39, 0.29) is 12.2 Å². The lowest BCUT2D eigenvalue weighted by atomic mass is 9.98. The number of hydrogen-bond acceptors (Lipinski definition) is 11. The standard InChI is InChI=1S/C26H24N10O3/c1-15-29-23(36(3)33-15)16-7-8-22(28-14-16)32-25-27-11-9-19(31-25)17-5-4-6-18(30-17)20-13-21(39-34-20)26(38)10-12-35(2)24(26)37/h4-9,11,13-14,38H,10,12H2,1-3H3,(H,27,28,31,32). The molecule has 0 aliphatic carbocycles. The molecule has 6 rings (SSSR count). The largest absolute Gasteiger partial charge is 0.373 e. The Balaban J connectivity index is 1.21. The predicted molar refractivity (Wildman–Crippen MR) is 139 cm³/mol. The molecule has 6 heterocycles. The van der Waals surface area contributed by atoms with E-state index < -0.39 is 11.5 Å². The molecule has 39 heavy (non-hydrogen) atoms. The van der Waals surface area contributed by atoms with Crippen LogP contribution in [0.15, 0.2) is 59.4 Å². The first-order chi connectivity index (χ1) is 18.8. The van der Waals surface area contributed by atoms with Crippen molar-refractivity contribution in [2.24, 2.45) is 7.05 Å². The summed E-state index contributed by atoms with van der Waals surface area (Å²) in [6, 6.07) is 12.4. The van der Waals surface area contributed by atoms with Crippen LogP contribution in [-0.4, -0.2) is 69.4 Å². The van der Waals surface area contributed by atoms with Gasteiger partial charge >= 0.3 is 0 Å². The molecule has 2 N–H and O–H groups in total. The molecule has 5 aromatic heterocycles. The van der Waals surface area contributed by atoms with Crippen LogP contribution in [0.4, 0.5) is 11.8 Å². The summed E-state index contributed by atoms with van der Waals surface area (Å²) in [5, 5.41) is 22.3. The lowest BCUT2D eigenvalue weighted by Gasteiger charge is -2.16. The van der Waals surface area contributed by atoms with Gasteiger partial charge in [-0.15, -0.1) is 0 Å². The Morgan fingerprint density at radius 3 is 2.49 bits per heavy atom. The van der Waals surface area contributed by atoms with Crippen molar-refractivity contribution in [2.45, 2.75) is 18.9 Å². The number of carbonyl (C=O) groups excluding carboxylic acids is 1. The maximum atomic E-state index is 12.4. The number of hydrogen-bond donors (Lipinski definition) is 2. The zero-order valence-electron chi connectivity index (χ0n) is 21.4. The summed E-state index contributed by atoms with van der Waals surface area (Å²) < 4.78 is 7.07. The van der Waals surface area contributed by atoms with Gasteiger partial charge in [0.2, 0.25) is 11.5 Å². The molecule has 5 aromatic rings. The summed E-state index contributed by atoms with van der Waals surface area (Å²) in [7, 11) is 3.48. The highest BCUT2D eigenvalue weighted by Gasteiger charge is 2.48. The Morgan fingerprint density at radius 1 is 1.00 bits per heavy atom. The number of likely N-dealkylation sites (N-methyl/N-ethyl adjacent to an activating group) is 1. The van der Waals surface area contributed by atoms with Crippen molar-refractivity contribution in [2.75, 3.05) is 18.9 Å². The van der Waals surface area contributed by atoms with Crippen LogP contribution in [0.1, 0.15) is 18.0 Å². The van der Waals surface area contributed by atoms with Crippen LogP contribution in [0.3, 0.4) is 0 Å². The van der Waals surface area contributed by atoms with E-state index in [0.717, 1.165) is 11.4 Å². The maximum Gasteiger partial charge on any atom is 0.262 e. The minimum absolute atomic E-state index is 0.0976. The minimum Gasteiger partial charge on any atom is -0.373 e. The summed E-state index contributed by atoms with van der Waals surface area (Å²) in [6.07, 6.45) is 3.57. The summed E-state index contributed by atoms with van der Waals surface area (Å²) in [5.74, 6) is 2.02. The first kappa shape index (κ1) is 24.3. The van der Waals surface area contributed by atoms with Gasteiger partial charge in [0.1, 0.15) is 17.3 Å². The van der Waals surface area contributed by atoms with E-state index in [4.69, 9.17) is 4.52 Å². The second kappa shape index (κ2) is 9.36. The van der Waals surface area contributed by atoms with Gasteiger partial charge in [-0.05, 0) is 37.3 Å². The fraction of sp³-hybridized carbons (Fsp3) is 0.231. The fourth-order valence-electron chi connectivity index (χ4n) is 4.43. The smallest absolute Gasteiger partial charge is 0.262 e. The molecule has 1 amide bonds. The van der Waals surface area contributed by atoms with Crippen LogP contribution in [-0.2, 0) is 17.4 Å². The molecule has 1 unspecified atom stereocenters. The van der Waals surface area contributed by atoms with Crippen molar-refractivity contribution in [3.8, 4) is 34.2 Å². The number of carbonyl (C=O) groups is 1.